The molecule has 0 radical (unpaired) electrons. The maximum absolute atomic E-state index is 8.97. The van der Waals surface area contributed by atoms with Gasteiger partial charge in [-0.15, -0.1) is 0 Å². The summed E-state index contributed by atoms with van der Waals surface area (Å²) in [6.07, 6.45) is 0.815. The third kappa shape index (κ3) is 3.94. The van der Waals surface area contributed by atoms with Crippen molar-refractivity contribution in [1.82, 2.24) is 0 Å². The molecule has 0 fully saturated rings. The molecule has 0 heterocycles. The fraction of sp³-hybridized carbons (Fsp3) is 0.462. The van der Waals surface area contributed by atoms with E-state index in [0.717, 1.165) is 28.8 Å². The van der Waals surface area contributed by atoms with Crippen LogP contribution in [0.4, 0.5) is 11.4 Å². The number of nitrogen functional groups attached to an aromatic ring is 1. The van der Waals surface area contributed by atoms with Crippen molar-refractivity contribution in [1.29, 1.82) is 5.26 Å². The molecule has 0 aliphatic heterocycles. The molecule has 1 aromatic carbocycles. The van der Waals surface area contributed by atoms with Gasteiger partial charge < -0.3 is 10.6 Å². The van der Waals surface area contributed by atoms with Gasteiger partial charge in [0, 0.05) is 18.1 Å². The molecule has 0 aromatic heterocycles. The lowest BCUT2D eigenvalue weighted by Crippen LogP contribution is -2.24. The van der Waals surface area contributed by atoms with Gasteiger partial charge in [-0.2, -0.15) is 5.26 Å². The summed E-state index contributed by atoms with van der Waals surface area (Å²) in [5, 5.41) is 8.97. The number of hydrogen-bond donors (Lipinski definition) is 1. The molecular weight excluding hydrogens is 278 g/mol. The lowest BCUT2D eigenvalue weighted by atomic mass is 9.91. The van der Waals surface area contributed by atoms with Gasteiger partial charge in [0.1, 0.15) is 0 Å². The number of halogens is 1. The number of nitrogens with two attached hydrogens (primary N) is 1. The number of nitrogens with zero attached hydrogens (tertiary/aromatic N) is 2. The van der Waals surface area contributed by atoms with E-state index in [-0.39, 0.29) is 5.41 Å². The Kier molecular flexibility index (Phi) is 4.41. The maximum atomic E-state index is 8.97. The number of nitriles is 1. The molecule has 2 N–H and O–H groups in total. The molecule has 1 aromatic rings. The van der Waals surface area contributed by atoms with E-state index >= 15 is 0 Å². The molecule has 0 aliphatic rings. The summed E-state index contributed by atoms with van der Waals surface area (Å²) < 4.78 is 0.976. The Morgan fingerprint density at radius 2 is 2.12 bits per heavy atom. The van der Waals surface area contributed by atoms with Crippen LogP contribution >= 0.6 is 15.9 Å². The SMILES string of the molecule is CN(CCC(C)(C)C#N)c1ccc(Br)cc1N. The molecule has 0 atom stereocenters. The van der Waals surface area contributed by atoms with Gasteiger partial charge in [-0.05, 0) is 38.5 Å². The number of rotatable bonds is 4. The van der Waals surface area contributed by atoms with Crippen LogP contribution in [0.5, 0.6) is 0 Å². The maximum Gasteiger partial charge on any atom is 0.0684 e. The summed E-state index contributed by atoms with van der Waals surface area (Å²) in [6.45, 7) is 4.71. The van der Waals surface area contributed by atoms with Crippen LogP contribution in [0.2, 0.25) is 0 Å². The quantitative estimate of drug-likeness (QED) is 0.866. The molecule has 0 spiro atoms. The van der Waals surface area contributed by atoms with Crippen LogP contribution in [0.3, 0.4) is 0 Å². The van der Waals surface area contributed by atoms with E-state index in [1.54, 1.807) is 0 Å². The lowest BCUT2D eigenvalue weighted by molar-refractivity contribution is 0.455. The first-order chi connectivity index (χ1) is 7.85. The topological polar surface area (TPSA) is 53.0 Å². The van der Waals surface area contributed by atoms with E-state index in [2.05, 4.69) is 26.9 Å². The zero-order valence-electron chi connectivity index (χ0n) is 10.5. The highest BCUT2D eigenvalue weighted by atomic mass is 79.9. The van der Waals surface area contributed by atoms with Gasteiger partial charge >= 0.3 is 0 Å². The standard InChI is InChI=1S/C13H18BrN3/c1-13(2,9-15)6-7-17(3)12-5-4-10(14)8-11(12)16/h4-5,8H,6-7,16H2,1-3H3. The third-order valence-electron chi connectivity index (χ3n) is 2.78. The Labute approximate surface area is 111 Å². The fourth-order valence-electron chi connectivity index (χ4n) is 1.50. The summed E-state index contributed by atoms with van der Waals surface area (Å²) in [5.41, 5.74) is 7.41. The predicted octanol–water partition coefficient (Wildman–Crippen LogP) is 3.41. The Balaban J connectivity index is 2.71. The Morgan fingerprint density at radius 1 is 1.47 bits per heavy atom. The zero-order valence-corrected chi connectivity index (χ0v) is 12.1. The van der Waals surface area contributed by atoms with Crippen LogP contribution in [-0.2, 0) is 0 Å². The first kappa shape index (κ1) is 13.9. The summed E-state index contributed by atoms with van der Waals surface area (Å²) >= 11 is 3.39. The van der Waals surface area contributed by atoms with Crippen molar-refractivity contribution in [2.24, 2.45) is 5.41 Å². The zero-order chi connectivity index (χ0) is 13.1. The molecule has 0 aliphatic carbocycles. The summed E-state index contributed by atoms with van der Waals surface area (Å²) in [4.78, 5) is 2.08. The lowest BCUT2D eigenvalue weighted by Gasteiger charge is -2.24. The molecule has 4 heteroatoms. The van der Waals surface area contributed by atoms with E-state index in [0.29, 0.717) is 0 Å². The third-order valence-corrected chi connectivity index (χ3v) is 3.27. The smallest absolute Gasteiger partial charge is 0.0684 e. The molecule has 1 rings (SSSR count). The van der Waals surface area contributed by atoms with Gasteiger partial charge in [0.15, 0.2) is 0 Å². The van der Waals surface area contributed by atoms with Crippen LogP contribution in [0, 0.1) is 16.7 Å². The van der Waals surface area contributed by atoms with Crippen molar-refractivity contribution in [3.05, 3.63) is 22.7 Å². The van der Waals surface area contributed by atoms with Crippen LogP contribution in [-0.4, -0.2) is 13.6 Å². The second-order valence-corrected chi connectivity index (χ2v) is 5.79. The Bertz CT molecular complexity index is 435. The number of hydrogen-bond acceptors (Lipinski definition) is 3. The summed E-state index contributed by atoms with van der Waals surface area (Å²) in [5.74, 6) is 0. The molecule has 17 heavy (non-hydrogen) atoms. The first-order valence-corrected chi connectivity index (χ1v) is 6.32. The van der Waals surface area contributed by atoms with E-state index in [9.17, 15) is 0 Å². The summed E-state index contributed by atoms with van der Waals surface area (Å²) in [7, 11) is 1.99. The van der Waals surface area contributed by atoms with E-state index in [1.807, 2.05) is 39.1 Å². The van der Waals surface area contributed by atoms with E-state index in [1.165, 1.54) is 0 Å². The van der Waals surface area contributed by atoms with E-state index < -0.39 is 0 Å². The normalized spacial score (nSPS) is 11.0. The molecule has 92 valence electrons. The molecule has 0 saturated heterocycles. The van der Waals surface area contributed by atoms with Crippen molar-refractivity contribution >= 4 is 27.3 Å². The van der Waals surface area contributed by atoms with Gasteiger partial charge in [-0.3, -0.25) is 0 Å². The van der Waals surface area contributed by atoms with Crippen molar-refractivity contribution in [2.45, 2.75) is 20.3 Å². The molecule has 0 unspecified atom stereocenters. The van der Waals surface area contributed by atoms with Gasteiger partial charge in [0.25, 0.3) is 0 Å². The van der Waals surface area contributed by atoms with Crippen molar-refractivity contribution < 1.29 is 0 Å². The molecule has 0 bridgehead atoms. The van der Waals surface area contributed by atoms with Crippen LogP contribution in [0.15, 0.2) is 22.7 Å². The fourth-order valence-corrected chi connectivity index (χ4v) is 1.88. The Morgan fingerprint density at radius 3 is 2.65 bits per heavy atom. The van der Waals surface area contributed by atoms with Gasteiger partial charge in [0.2, 0.25) is 0 Å². The van der Waals surface area contributed by atoms with Crippen LogP contribution in [0.25, 0.3) is 0 Å². The largest absolute Gasteiger partial charge is 0.397 e. The second-order valence-electron chi connectivity index (χ2n) is 4.87. The van der Waals surface area contributed by atoms with Crippen LogP contribution < -0.4 is 10.6 Å². The highest BCUT2D eigenvalue weighted by molar-refractivity contribution is 9.10. The molecular formula is C13H18BrN3. The van der Waals surface area contributed by atoms with Crippen LogP contribution in [0.1, 0.15) is 20.3 Å². The highest BCUT2D eigenvalue weighted by Gasteiger charge is 2.17. The average Bonchev–Trinajstić information content (AvgIpc) is 2.26. The number of anilines is 2. The van der Waals surface area contributed by atoms with Crippen molar-refractivity contribution in [3.63, 3.8) is 0 Å². The minimum atomic E-state index is -0.293. The minimum Gasteiger partial charge on any atom is -0.397 e. The van der Waals surface area contributed by atoms with E-state index in [4.69, 9.17) is 11.0 Å². The highest BCUT2D eigenvalue weighted by Crippen LogP contribution is 2.27. The monoisotopic (exact) mass is 295 g/mol. The van der Waals surface area contributed by atoms with Gasteiger partial charge in [-0.25, -0.2) is 0 Å². The minimum absolute atomic E-state index is 0.293. The predicted molar refractivity (Wildman–Crippen MR) is 75.8 cm³/mol. The Hall–Kier alpha value is -1.21. The van der Waals surface area contributed by atoms with Crippen molar-refractivity contribution in [2.75, 3.05) is 24.2 Å². The van der Waals surface area contributed by atoms with Gasteiger partial charge in [-0.1, -0.05) is 15.9 Å². The molecule has 3 nitrogen and oxygen atoms in total. The molecule has 0 saturated carbocycles. The van der Waals surface area contributed by atoms with Gasteiger partial charge in [0.05, 0.1) is 22.9 Å². The summed E-state index contributed by atoms with van der Waals surface area (Å²) in [6, 6.07) is 8.15. The number of benzene rings is 1. The average molecular weight is 296 g/mol. The van der Waals surface area contributed by atoms with Crippen molar-refractivity contribution in [3.8, 4) is 6.07 Å². The second kappa shape index (κ2) is 5.42. The first-order valence-electron chi connectivity index (χ1n) is 5.53. The molecule has 0 amide bonds.